The Morgan fingerprint density at radius 2 is 1.72 bits per heavy atom. The molecule has 5 nitrogen and oxygen atoms in total. The van der Waals surface area contributed by atoms with Gasteiger partial charge in [0.05, 0.1) is 0 Å². The van der Waals surface area contributed by atoms with E-state index in [1.807, 2.05) is 95.8 Å². The molecule has 1 aliphatic rings. The van der Waals surface area contributed by atoms with Crippen molar-refractivity contribution in [2.75, 3.05) is 6.54 Å². The molecule has 3 heterocycles. The van der Waals surface area contributed by atoms with E-state index in [-0.39, 0.29) is 20.1 Å². The molecular formula is C23H18IrN5-. The molecule has 0 atom stereocenters. The summed E-state index contributed by atoms with van der Waals surface area (Å²) in [7, 11) is 0. The van der Waals surface area contributed by atoms with Crippen molar-refractivity contribution in [2.45, 2.75) is 0 Å². The van der Waals surface area contributed by atoms with E-state index in [1.54, 1.807) is 6.20 Å². The smallest absolute Gasteiger partial charge is 0.198 e. The third-order valence-electron chi connectivity index (χ3n) is 4.06. The largest absolute Gasteiger partial charge is 0.573 e. The van der Waals surface area contributed by atoms with Crippen LogP contribution in [0.4, 0.5) is 5.69 Å². The van der Waals surface area contributed by atoms with Gasteiger partial charge < -0.3 is 10.2 Å². The zero-order chi connectivity index (χ0) is 19.0. The predicted molar refractivity (Wildman–Crippen MR) is 108 cm³/mol. The van der Waals surface area contributed by atoms with E-state index in [1.165, 1.54) is 0 Å². The number of aromatic nitrogens is 3. The SMILES string of the molecule is [Ir].[c-]1ccccc1[N+]1=NCC=C1.c1ccc(-c2cc(-c3ccccn3)[n-]n2)cc1. The number of azo groups is 2. The Hall–Kier alpha value is -3.21. The van der Waals surface area contributed by atoms with Crippen LogP contribution < -0.4 is 5.10 Å². The molecule has 5 rings (SSSR count). The second-order valence-electron chi connectivity index (χ2n) is 6.00. The molecule has 145 valence electrons. The number of nitrogens with zero attached hydrogens (tertiary/aromatic N) is 5. The predicted octanol–water partition coefficient (Wildman–Crippen LogP) is 4.88. The van der Waals surface area contributed by atoms with E-state index in [2.05, 4.69) is 26.4 Å². The molecule has 1 radical (unpaired) electrons. The summed E-state index contributed by atoms with van der Waals surface area (Å²) in [5.74, 6) is 0. The van der Waals surface area contributed by atoms with Gasteiger partial charge in [-0.1, -0.05) is 52.9 Å². The first kappa shape index (κ1) is 20.5. The van der Waals surface area contributed by atoms with E-state index in [9.17, 15) is 0 Å². The normalized spacial score (nSPS) is 11.8. The Labute approximate surface area is 183 Å². The zero-order valence-electron chi connectivity index (χ0n) is 15.5. The van der Waals surface area contributed by atoms with Crippen LogP contribution in [-0.4, -0.2) is 21.3 Å². The molecular weight excluding hydrogens is 539 g/mol. The Morgan fingerprint density at radius 1 is 0.897 bits per heavy atom. The molecule has 6 heteroatoms. The van der Waals surface area contributed by atoms with Crippen LogP contribution in [-0.2, 0) is 20.1 Å². The van der Waals surface area contributed by atoms with E-state index >= 15 is 0 Å². The zero-order valence-corrected chi connectivity index (χ0v) is 17.9. The van der Waals surface area contributed by atoms with Gasteiger partial charge in [-0.2, -0.15) is 18.2 Å². The first-order valence-electron chi connectivity index (χ1n) is 8.97. The third kappa shape index (κ3) is 5.41. The van der Waals surface area contributed by atoms with Crippen molar-refractivity contribution in [3.63, 3.8) is 0 Å². The second-order valence-corrected chi connectivity index (χ2v) is 6.00. The summed E-state index contributed by atoms with van der Waals surface area (Å²) < 4.78 is 1.83. The van der Waals surface area contributed by atoms with Gasteiger partial charge in [-0.15, -0.1) is 6.07 Å². The van der Waals surface area contributed by atoms with Crippen LogP contribution in [0.5, 0.6) is 0 Å². The molecule has 2 aromatic heterocycles. The average Bonchev–Trinajstić information content (AvgIpc) is 3.49. The van der Waals surface area contributed by atoms with Gasteiger partial charge in [-0.25, -0.2) is 0 Å². The molecule has 0 N–H and O–H groups in total. The van der Waals surface area contributed by atoms with Crippen LogP contribution in [0.2, 0.25) is 0 Å². The summed E-state index contributed by atoms with van der Waals surface area (Å²) in [5.41, 5.74) is 4.61. The van der Waals surface area contributed by atoms with Gasteiger partial charge in [-0.05, 0) is 28.9 Å². The molecule has 0 spiro atoms. The number of benzene rings is 2. The average molecular weight is 557 g/mol. The molecule has 2 aromatic carbocycles. The van der Waals surface area contributed by atoms with Gasteiger partial charge in [0.1, 0.15) is 12.2 Å². The molecule has 0 bridgehead atoms. The molecule has 0 aliphatic carbocycles. The summed E-state index contributed by atoms with van der Waals surface area (Å²) in [6.45, 7) is 0.780. The van der Waals surface area contributed by atoms with Gasteiger partial charge in [0, 0.05) is 43.8 Å². The van der Waals surface area contributed by atoms with Crippen molar-refractivity contribution < 1.29 is 24.8 Å². The minimum absolute atomic E-state index is 0. The molecule has 0 saturated carbocycles. The van der Waals surface area contributed by atoms with E-state index in [0.29, 0.717) is 0 Å². The van der Waals surface area contributed by atoms with Gasteiger partial charge in [0.2, 0.25) is 0 Å². The van der Waals surface area contributed by atoms with Crippen molar-refractivity contribution >= 4 is 5.69 Å². The molecule has 1 aliphatic heterocycles. The van der Waals surface area contributed by atoms with Crippen molar-refractivity contribution in [2.24, 2.45) is 5.11 Å². The van der Waals surface area contributed by atoms with E-state index in [4.69, 9.17) is 0 Å². The van der Waals surface area contributed by atoms with Gasteiger partial charge in [-0.3, -0.25) is 4.98 Å². The van der Waals surface area contributed by atoms with Gasteiger partial charge in [0.25, 0.3) is 0 Å². The number of pyridine rings is 1. The second kappa shape index (κ2) is 10.4. The Kier molecular flexibility index (Phi) is 7.34. The molecule has 0 saturated heterocycles. The first-order chi connectivity index (χ1) is 13.9. The van der Waals surface area contributed by atoms with Crippen molar-refractivity contribution in [1.29, 1.82) is 0 Å². The fraction of sp³-hybridized carbons (Fsp3) is 0.0435. The molecule has 4 aromatic rings. The number of rotatable bonds is 3. The number of para-hydroxylation sites is 1. The quantitative estimate of drug-likeness (QED) is 0.267. The summed E-state index contributed by atoms with van der Waals surface area (Å²) in [6, 6.07) is 28.6. The van der Waals surface area contributed by atoms with E-state index in [0.717, 1.165) is 34.9 Å². The minimum Gasteiger partial charge on any atom is -0.573 e. The fourth-order valence-electron chi connectivity index (χ4n) is 2.70. The third-order valence-corrected chi connectivity index (χ3v) is 4.06. The monoisotopic (exact) mass is 557 g/mol. The van der Waals surface area contributed by atoms with Crippen LogP contribution in [0.1, 0.15) is 0 Å². The van der Waals surface area contributed by atoms with Crippen LogP contribution in [0.15, 0.2) is 102 Å². The summed E-state index contributed by atoms with van der Waals surface area (Å²) in [6.07, 6.45) is 5.72. The van der Waals surface area contributed by atoms with Crippen molar-refractivity contribution in [3.8, 4) is 22.6 Å². The summed E-state index contributed by atoms with van der Waals surface area (Å²) in [4.78, 5) is 4.25. The first-order valence-corrected chi connectivity index (χ1v) is 8.97. The van der Waals surface area contributed by atoms with Crippen LogP contribution in [0.3, 0.4) is 0 Å². The Morgan fingerprint density at radius 3 is 2.41 bits per heavy atom. The maximum absolute atomic E-state index is 4.25. The molecule has 0 amide bonds. The Bertz CT molecular complexity index is 1020. The van der Waals surface area contributed by atoms with E-state index < -0.39 is 0 Å². The topological polar surface area (TPSA) is 55.2 Å². The summed E-state index contributed by atoms with van der Waals surface area (Å²) in [5, 5.41) is 12.5. The van der Waals surface area contributed by atoms with Gasteiger partial charge >= 0.3 is 0 Å². The van der Waals surface area contributed by atoms with Crippen LogP contribution >= 0.6 is 0 Å². The maximum atomic E-state index is 4.25. The molecule has 0 fully saturated rings. The number of hydrogen-bond donors (Lipinski definition) is 0. The molecule has 0 unspecified atom stereocenters. The van der Waals surface area contributed by atoms with Crippen molar-refractivity contribution in [3.05, 3.63) is 103 Å². The number of hydrogen-bond acceptors (Lipinski definition) is 3. The van der Waals surface area contributed by atoms with Gasteiger partial charge in [0.15, 0.2) is 6.20 Å². The summed E-state index contributed by atoms with van der Waals surface area (Å²) >= 11 is 0. The standard InChI is InChI=1S/C14H10N3.C9H8N2.Ir/c1-2-6-11(7-3-1)13-10-14(17-16-13)12-8-4-5-9-15-12;1-2-5-9(6-3-1)11-8-4-7-10-11;/h1-10H;1-5,8H,7H2;/q-1;;. The van der Waals surface area contributed by atoms with Crippen LogP contribution in [0.25, 0.3) is 22.6 Å². The Balaban J connectivity index is 0.000000174. The molecule has 29 heavy (non-hydrogen) atoms. The van der Waals surface area contributed by atoms with Crippen LogP contribution in [0, 0.1) is 6.07 Å². The maximum Gasteiger partial charge on any atom is 0.198 e. The van der Waals surface area contributed by atoms with Crippen molar-refractivity contribution in [1.82, 2.24) is 15.2 Å². The minimum atomic E-state index is 0. The fourth-order valence-corrected chi connectivity index (χ4v) is 2.70.